The molecule has 5 nitrogen and oxygen atoms in total. The van der Waals surface area contributed by atoms with E-state index in [0.717, 1.165) is 36.0 Å². The number of benzene rings is 1. The van der Waals surface area contributed by atoms with E-state index in [9.17, 15) is 0 Å². The predicted octanol–water partition coefficient (Wildman–Crippen LogP) is 1.89. The van der Waals surface area contributed by atoms with Gasteiger partial charge in [0.15, 0.2) is 5.82 Å². The lowest BCUT2D eigenvalue weighted by molar-refractivity contribution is 0.190. The molecule has 2 aromatic rings. The Bertz CT molecular complexity index is 569. The molecule has 6 heteroatoms. The van der Waals surface area contributed by atoms with Crippen LogP contribution in [0.1, 0.15) is 23.3 Å². The van der Waals surface area contributed by atoms with Gasteiger partial charge in [0.05, 0.1) is 12.5 Å². The van der Waals surface area contributed by atoms with Crippen molar-refractivity contribution in [3.63, 3.8) is 0 Å². The van der Waals surface area contributed by atoms with Crippen LogP contribution in [0.2, 0.25) is 5.02 Å². The fourth-order valence-corrected chi connectivity index (χ4v) is 2.47. The van der Waals surface area contributed by atoms with Crippen LogP contribution in [-0.2, 0) is 6.42 Å². The third-order valence-corrected chi connectivity index (χ3v) is 3.81. The van der Waals surface area contributed by atoms with Crippen molar-refractivity contribution in [1.29, 1.82) is 0 Å². The molecule has 0 saturated carbocycles. The third-order valence-electron chi connectivity index (χ3n) is 3.56. The number of likely N-dealkylation sites (N-methyl/N-ethyl adjacent to an activating group) is 1. The van der Waals surface area contributed by atoms with Gasteiger partial charge in [-0.1, -0.05) is 28.9 Å². The van der Waals surface area contributed by atoms with E-state index in [2.05, 4.69) is 27.4 Å². The Morgan fingerprint density at radius 3 is 2.95 bits per heavy atom. The van der Waals surface area contributed by atoms with Crippen molar-refractivity contribution < 1.29 is 4.52 Å². The Hall–Kier alpha value is -1.43. The number of hydrogen-bond donors (Lipinski definition) is 1. The van der Waals surface area contributed by atoms with Gasteiger partial charge in [0.25, 0.3) is 0 Å². The molecule has 0 aliphatic carbocycles. The van der Waals surface area contributed by atoms with E-state index in [1.165, 1.54) is 0 Å². The SMILES string of the molecule is CN1CCNCC1c1noc(Cc2ccc(Cl)cc2)n1. The maximum atomic E-state index is 5.87. The first-order valence-corrected chi connectivity index (χ1v) is 7.08. The summed E-state index contributed by atoms with van der Waals surface area (Å²) in [5, 5.41) is 8.19. The van der Waals surface area contributed by atoms with Crippen LogP contribution in [-0.4, -0.2) is 41.7 Å². The molecule has 0 bridgehead atoms. The van der Waals surface area contributed by atoms with Gasteiger partial charge in [-0.3, -0.25) is 4.90 Å². The van der Waals surface area contributed by atoms with E-state index in [0.29, 0.717) is 12.3 Å². The summed E-state index contributed by atoms with van der Waals surface area (Å²) in [4.78, 5) is 6.75. The zero-order chi connectivity index (χ0) is 13.9. The molecule has 20 heavy (non-hydrogen) atoms. The predicted molar refractivity (Wildman–Crippen MR) is 76.8 cm³/mol. The molecule has 1 aromatic heterocycles. The normalized spacial score (nSPS) is 20.2. The smallest absolute Gasteiger partial charge is 0.231 e. The van der Waals surface area contributed by atoms with E-state index >= 15 is 0 Å². The van der Waals surface area contributed by atoms with Crippen molar-refractivity contribution in [2.75, 3.05) is 26.7 Å². The van der Waals surface area contributed by atoms with Gasteiger partial charge in [0, 0.05) is 24.7 Å². The van der Waals surface area contributed by atoms with Gasteiger partial charge in [-0.05, 0) is 24.7 Å². The first kappa shape index (κ1) is 13.5. The topological polar surface area (TPSA) is 54.2 Å². The summed E-state index contributed by atoms with van der Waals surface area (Å²) in [6.45, 7) is 2.85. The van der Waals surface area contributed by atoms with Gasteiger partial charge in [-0.15, -0.1) is 0 Å². The highest BCUT2D eigenvalue weighted by atomic mass is 35.5. The van der Waals surface area contributed by atoms with Crippen LogP contribution in [0, 0.1) is 0 Å². The Morgan fingerprint density at radius 1 is 1.40 bits per heavy atom. The van der Waals surface area contributed by atoms with Crippen LogP contribution in [0.4, 0.5) is 0 Å². The Morgan fingerprint density at radius 2 is 2.20 bits per heavy atom. The van der Waals surface area contributed by atoms with E-state index in [-0.39, 0.29) is 6.04 Å². The summed E-state index contributed by atoms with van der Waals surface area (Å²) in [6.07, 6.45) is 0.633. The molecule has 2 heterocycles. The Kier molecular flexibility index (Phi) is 4.00. The largest absolute Gasteiger partial charge is 0.339 e. The number of aromatic nitrogens is 2. The maximum absolute atomic E-state index is 5.87. The highest BCUT2D eigenvalue weighted by Gasteiger charge is 2.25. The van der Waals surface area contributed by atoms with Gasteiger partial charge >= 0.3 is 0 Å². The highest BCUT2D eigenvalue weighted by molar-refractivity contribution is 6.30. The zero-order valence-corrected chi connectivity index (χ0v) is 12.1. The van der Waals surface area contributed by atoms with E-state index in [1.807, 2.05) is 24.3 Å². The molecular formula is C14H17ClN4O. The second-order valence-electron chi connectivity index (χ2n) is 5.05. The molecule has 1 fully saturated rings. The number of piperazine rings is 1. The molecular weight excluding hydrogens is 276 g/mol. The van der Waals surface area contributed by atoms with Gasteiger partial charge < -0.3 is 9.84 Å². The number of nitrogens with zero attached hydrogens (tertiary/aromatic N) is 3. The van der Waals surface area contributed by atoms with Crippen LogP contribution in [0.15, 0.2) is 28.8 Å². The first-order valence-electron chi connectivity index (χ1n) is 6.70. The standard InChI is InChI=1S/C14H17ClN4O/c1-19-7-6-16-9-12(19)14-17-13(20-18-14)8-10-2-4-11(15)5-3-10/h2-5,12,16H,6-9H2,1H3. The molecule has 1 saturated heterocycles. The fraction of sp³-hybridized carbons (Fsp3) is 0.429. The maximum Gasteiger partial charge on any atom is 0.231 e. The van der Waals surface area contributed by atoms with Gasteiger partial charge in [0.2, 0.25) is 5.89 Å². The molecule has 1 unspecified atom stereocenters. The number of halogens is 1. The van der Waals surface area contributed by atoms with Crippen molar-refractivity contribution in [3.05, 3.63) is 46.6 Å². The molecule has 1 aliphatic heterocycles. The quantitative estimate of drug-likeness (QED) is 0.936. The van der Waals surface area contributed by atoms with Crippen LogP contribution < -0.4 is 5.32 Å². The third kappa shape index (κ3) is 3.00. The molecule has 0 amide bonds. The average Bonchev–Trinajstić information content (AvgIpc) is 2.90. The fourth-order valence-electron chi connectivity index (χ4n) is 2.35. The van der Waals surface area contributed by atoms with Crippen molar-refractivity contribution in [2.24, 2.45) is 0 Å². The lowest BCUT2D eigenvalue weighted by Crippen LogP contribution is -2.44. The highest BCUT2D eigenvalue weighted by Crippen LogP contribution is 2.19. The summed E-state index contributed by atoms with van der Waals surface area (Å²) >= 11 is 5.87. The van der Waals surface area contributed by atoms with Gasteiger partial charge in [-0.2, -0.15) is 4.98 Å². The Balaban J connectivity index is 1.71. The minimum absolute atomic E-state index is 0.187. The van der Waals surface area contributed by atoms with Crippen LogP contribution in [0.3, 0.4) is 0 Å². The minimum Gasteiger partial charge on any atom is -0.339 e. The number of rotatable bonds is 3. The molecule has 0 spiro atoms. The van der Waals surface area contributed by atoms with Crippen molar-refractivity contribution in [1.82, 2.24) is 20.4 Å². The summed E-state index contributed by atoms with van der Waals surface area (Å²) in [5.74, 6) is 1.39. The average molecular weight is 293 g/mol. The van der Waals surface area contributed by atoms with Crippen LogP contribution >= 0.6 is 11.6 Å². The monoisotopic (exact) mass is 292 g/mol. The Labute approximate surface area is 122 Å². The van der Waals surface area contributed by atoms with Gasteiger partial charge in [-0.25, -0.2) is 0 Å². The minimum atomic E-state index is 0.187. The second-order valence-corrected chi connectivity index (χ2v) is 5.49. The molecule has 1 aromatic carbocycles. The summed E-state index contributed by atoms with van der Waals surface area (Å²) in [5.41, 5.74) is 1.11. The lowest BCUT2D eigenvalue weighted by atomic mass is 10.1. The zero-order valence-electron chi connectivity index (χ0n) is 11.3. The molecule has 1 atom stereocenters. The lowest BCUT2D eigenvalue weighted by Gasteiger charge is -2.30. The van der Waals surface area contributed by atoms with Crippen LogP contribution in [0.5, 0.6) is 0 Å². The summed E-state index contributed by atoms with van der Waals surface area (Å²) < 4.78 is 5.35. The van der Waals surface area contributed by atoms with Gasteiger partial charge in [0.1, 0.15) is 0 Å². The molecule has 0 radical (unpaired) electrons. The molecule has 1 N–H and O–H groups in total. The second kappa shape index (κ2) is 5.91. The van der Waals surface area contributed by atoms with E-state index in [1.54, 1.807) is 0 Å². The number of hydrogen-bond acceptors (Lipinski definition) is 5. The van der Waals surface area contributed by atoms with Crippen molar-refractivity contribution in [3.8, 4) is 0 Å². The van der Waals surface area contributed by atoms with Crippen LogP contribution in [0.25, 0.3) is 0 Å². The molecule has 106 valence electrons. The first-order chi connectivity index (χ1) is 9.72. The van der Waals surface area contributed by atoms with E-state index in [4.69, 9.17) is 16.1 Å². The number of nitrogens with one attached hydrogen (secondary N) is 1. The summed E-state index contributed by atoms with van der Waals surface area (Å²) in [7, 11) is 2.08. The van der Waals surface area contributed by atoms with Crippen molar-refractivity contribution in [2.45, 2.75) is 12.5 Å². The molecule has 1 aliphatic rings. The van der Waals surface area contributed by atoms with E-state index < -0.39 is 0 Å². The summed E-state index contributed by atoms with van der Waals surface area (Å²) in [6, 6.07) is 7.87. The van der Waals surface area contributed by atoms with Crippen molar-refractivity contribution >= 4 is 11.6 Å². The molecule has 3 rings (SSSR count).